The van der Waals surface area contributed by atoms with E-state index in [1.807, 2.05) is 6.92 Å². The van der Waals surface area contributed by atoms with Crippen LogP contribution in [0, 0.1) is 0 Å². The van der Waals surface area contributed by atoms with Gasteiger partial charge in [-0.15, -0.1) is 0 Å². The average molecular weight is 187 g/mol. The first-order valence-corrected chi connectivity index (χ1v) is 4.32. The predicted octanol–water partition coefficient (Wildman–Crippen LogP) is -1.07. The summed E-state index contributed by atoms with van der Waals surface area (Å²) in [7, 11) is 1.78. The summed E-state index contributed by atoms with van der Waals surface area (Å²) in [5.41, 5.74) is 4.99. The van der Waals surface area contributed by atoms with Crippen LogP contribution >= 0.6 is 0 Å². The van der Waals surface area contributed by atoms with Gasteiger partial charge in [-0.25, -0.2) is 0 Å². The molecule has 0 bridgehead atoms. The molecule has 0 aromatic carbocycles. The van der Waals surface area contributed by atoms with E-state index in [9.17, 15) is 9.59 Å². The number of carbonyl (C=O) groups is 2. The van der Waals surface area contributed by atoms with Gasteiger partial charge < -0.3 is 16.0 Å². The fourth-order valence-corrected chi connectivity index (χ4v) is 0.954. The minimum Gasteiger partial charge on any atom is -0.368 e. The normalized spacial score (nSPS) is 9.69. The van der Waals surface area contributed by atoms with E-state index in [4.69, 9.17) is 5.73 Å². The summed E-state index contributed by atoms with van der Waals surface area (Å²) in [6, 6.07) is 0. The predicted molar refractivity (Wildman–Crippen MR) is 50.0 cm³/mol. The van der Waals surface area contributed by atoms with Gasteiger partial charge in [0.25, 0.3) is 0 Å². The number of primary amides is 1. The Morgan fingerprint density at radius 1 is 1.46 bits per heavy atom. The fraction of sp³-hybridized carbons (Fsp3) is 0.750. The van der Waals surface area contributed by atoms with E-state index in [0.29, 0.717) is 19.5 Å². The molecule has 0 aliphatic rings. The van der Waals surface area contributed by atoms with Gasteiger partial charge in [-0.05, 0) is 14.0 Å². The summed E-state index contributed by atoms with van der Waals surface area (Å²) in [5, 5.41) is 2.87. The first-order chi connectivity index (χ1) is 6.11. The van der Waals surface area contributed by atoms with Crippen molar-refractivity contribution in [3.05, 3.63) is 0 Å². The Morgan fingerprint density at radius 2 is 2.08 bits per heavy atom. The molecule has 5 nitrogen and oxygen atoms in total. The van der Waals surface area contributed by atoms with E-state index in [0.717, 1.165) is 0 Å². The zero-order chi connectivity index (χ0) is 10.3. The molecule has 0 aromatic heterocycles. The minimum absolute atomic E-state index is 0.0129. The summed E-state index contributed by atoms with van der Waals surface area (Å²) < 4.78 is 0. The van der Waals surface area contributed by atoms with E-state index >= 15 is 0 Å². The van der Waals surface area contributed by atoms with Crippen molar-refractivity contribution in [1.29, 1.82) is 0 Å². The molecule has 2 amide bonds. The standard InChI is InChI=1S/C8H17N3O2/c1-3-11(6-7(9)12)8(13)4-5-10-2/h10H,3-6H2,1-2H3,(H2,9,12). The molecule has 3 N–H and O–H groups in total. The zero-order valence-corrected chi connectivity index (χ0v) is 8.17. The lowest BCUT2D eigenvalue weighted by Gasteiger charge is -2.18. The Kier molecular flexibility index (Phi) is 5.88. The maximum absolute atomic E-state index is 11.3. The van der Waals surface area contributed by atoms with Crippen molar-refractivity contribution < 1.29 is 9.59 Å². The number of rotatable bonds is 6. The lowest BCUT2D eigenvalue weighted by molar-refractivity contribution is -0.134. The van der Waals surface area contributed by atoms with Gasteiger partial charge in [0.15, 0.2) is 0 Å². The van der Waals surface area contributed by atoms with Gasteiger partial charge in [0.2, 0.25) is 11.8 Å². The van der Waals surface area contributed by atoms with Crippen LogP contribution in [0.15, 0.2) is 0 Å². The summed E-state index contributed by atoms with van der Waals surface area (Å²) in [5.74, 6) is -0.518. The molecule has 0 rings (SSSR count). The molecule has 0 radical (unpaired) electrons. The molecule has 0 unspecified atom stereocenters. The molecule has 76 valence electrons. The summed E-state index contributed by atoms with van der Waals surface area (Å²) in [6.45, 7) is 2.97. The molecule has 0 saturated carbocycles. The summed E-state index contributed by atoms with van der Waals surface area (Å²) in [6.07, 6.45) is 0.400. The van der Waals surface area contributed by atoms with Crippen LogP contribution in [0.25, 0.3) is 0 Å². The minimum atomic E-state index is -0.473. The molecule has 0 aromatic rings. The molecule has 0 aliphatic carbocycles. The molecular formula is C8H17N3O2. The average Bonchev–Trinajstić information content (AvgIpc) is 2.09. The van der Waals surface area contributed by atoms with Crippen LogP contribution in [0.4, 0.5) is 0 Å². The molecule has 0 saturated heterocycles. The largest absolute Gasteiger partial charge is 0.368 e. The van der Waals surface area contributed by atoms with Crippen molar-refractivity contribution in [3.63, 3.8) is 0 Å². The van der Waals surface area contributed by atoms with Crippen LogP contribution in [0.3, 0.4) is 0 Å². The van der Waals surface area contributed by atoms with Gasteiger partial charge in [-0.2, -0.15) is 0 Å². The van der Waals surface area contributed by atoms with Crippen LogP contribution in [-0.2, 0) is 9.59 Å². The number of nitrogens with one attached hydrogen (secondary N) is 1. The molecule has 0 atom stereocenters. The Hall–Kier alpha value is -1.10. The molecule has 0 aliphatic heterocycles. The number of carbonyl (C=O) groups excluding carboxylic acids is 2. The van der Waals surface area contributed by atoms with Gasteiger partial charge in [0.05, 0.1) is 6.54 Å². The third-order valence-corrected chi connectivity index (χ3v) is 1.67. The number of amides is 2. The second-order valence-electron chi connectivity index (χ2n) is 2.73. The molecule has 13 heavy (non-hydrogen) atoms. The highest BCUT2D eigenvalue weighted by molar-refractivity contribution is 5.83. The fourth-order valence-electron chi connectivity index (χ4n) is 0.954. The van der Waals surface area contributed by atoms with Gasteiger partial charge in [0, 0.05) is 19.5 Å². The number of nitrogens with two attached hydrogens (primary N) is 1. The van der Waals surface area contributed by atoms with Crippen LogP contribution in [0.1, 0.15) is 13.3 Å². The lowest BCUT2D eigenvalue weighted by Crippen LogP contribution is -2.39. The summed E-state index contributed by atoms with van der Waals surface area (Å²) in [4.78, 5) is 23.4. The van der Waals surface area contributed by atoms with Gasteiger partial charge >= 0.3 is 0 Å². The topological polar surface area (TPSA) is 75.4 Å². The first-order valence-electron chi connectivity index (χ1n) is 4.32. The molecule has 0 spiro atoms. The van der Waals surface area contributed by atoms with E-state index in [2.05, 4.69) is 5.32 Å². The van der Waals surface area contributed by atoms with Crippen molar-refractivity contribution in [2.24, 2.45) is 5.73 Å². The Labute approximate surface area is 78.3 Å². The van der Waals surface area contributed by atoms with Crippen molar-refractivity contribution >= 4 is 11.8 Å². The van der Waals surface area contributed by atoms with Crippen molar-refractivity contribution in [2.45, 2.75) is 13.3 Å². The van der Waals surface area contributed by atoms with Gasteiger partial charge in [-0.3, -0.25) is 9.59 Å². The Morgan fingerprint density at radius 3 is 2.46 bits per heavy atom. The molecule has 0 heterocycles. The SMILES string of the molecule is CCN(CC(N)=O)C(=O)CCNC. The molecule has 0 fully saturated rings. The monoisotopic (exact) mass is 187 g/mol. The van der Waals surface area contributed by atoms with Crippen molar-refractivity contribution in [3.8, 4) is 0 Å². The highest BCUT2D eigenvalue weighted by Gasteiger charge is 2.12. The van der Waals surface area contributed by atoms with E-state index in [-0.39, 0.29) is 12.5 Å². The van der Waals surface area contributed by atoms with Crippen LogP contribution in [0.2, 0.25) is 0 Å². The van der Waals surface area contributed by atoms with Gasteiger partial charge in [0.1, 0.15) is 0 Å². The summed E-state index contributed by atoms with van der Waals surface area (Å²) >= 11 is 0. The van der Waals surface area contributed by atoms with E-state index in [1.165, 1.54) is 4.90 Å². The van der Waals surface area contributed by atoms with Crippen LogP contribution in [0.5, 0.6) is 0 Å². The highest BCUT2D eigenvalue weighted by Crippen LogP contribution is 1.92. The maximum atomic E-state index is 11.3. The Balaban J connectivity index is 3.92. The second-order valence-corrected chi connectivity index (χ2v) is 2.73. The number of hydrogen-bond donors (Lipinski definition) is 2. The third kappa shape index (κ3) is 5.19. The third-order valence-electron chi connectivity index (χ3n) is 1.67. The molecular weight excluding hydrogens is 170 g/mol. The Bertz CT molecular complexity index is 182. The first kappa shape index (κ1) is 11.9. The van der Waals surface area contributed by atoms with E-state index in [1.54, 1.807) is 7.05 Å². The van der Waals surface area contributed by atoms with E-state index < -0.39 is 5.91 Å². The molecule has 5 heteroatoms. The quantitative estimate of drug-likeness (QED) is 0.556. The number of nitrogens with zero attached hydrogens (tertiary/aromatic N) is 1. The number of likely N-dealkylation sites (N-methyl/N-ethyl adjacent to an activating group) is 1. The lowest BCUT2D eigenvalue weighted by atomic mass is 10.3. The van der Waals surface area contributed by atoms with Crippen LogP contribution in [-0.4, -0.2) is 43.4 Å². The van der Waals surface area contributed by atoms with Crippen molar-refractivity contribution in [1.82, 2.24) is 10.2 Å². The van der Waals surface area contributed by atoms with Crippen LogP contribution < -0.4 is 11.1 Å². The van der Waals surface area contributed by atoms with Crippen molar-refractivity contribution in [2.75, 3.05) is 26.7 Å². The smallest absolute Gasteiger partial charge is 0.237 e. The highest BCUT2D eigenvalue weighted by atomic mass is 16.2. The van der Waals surface area contributed by atoms with Gasteiger partial charge in [-0.1, -0.05) is 0 Å². The maximum Gasteiger partial charge on any atom is 0.237 e. The second kappa shape index (κ2) is 6.42. The number of hydrogen-bond acceptors (Lipinski definition) is 3. The zero-order valence-electron chi connectivity index (χ0n) is 8.17.